The molecule has 1 heteroatoms. The van der Waals surface area contributed by atoms with Gasteiger partial charge in [-0.15, -0.1) is 6.58 Å². The predicted octanol–water partition coefficient (Wildman–Crippen LogP) is 3.54. The lowest BCUT2D eigenvalue weighted by atomic mass is 10.2. The van der Waals surface area contributed by atoms with Gasteiger partial charge in [-0.25, -0.2) is 0 Å². The predicted molar refractivity (Wildman–Crippen MR) is 61.7 cm³/mol. The molecule has 0 aromatic rings. The highest BCUT2D eigenvalue weighted by Gasteiger charge is 2.04. The minimum Gasteiger partial charge on any atom is -0.103 e. The summed E-state index contributed by atoms with van der Waals surface area (Å²) < 4.78 is 0. The molecule has 0 aromatic carbocycles. The molecule has 0 aliphatic heterocycles. The van der Waals surface area contributed by atoms with Crippen molar-refractivity contribution >= 4 is 9.52 Å². The van der Waals surface area contributed by atoms with Crippen LogP contribution in [-0.4, -0.2) is 9.52 Å². The molecule has 0 saturated carbocycles. The van der Waals surface area contributed by atoms with E-state index < -0.39 is 0 Å². The summed E-state index contributed by atoms with van der Waals surface area (Å²) in [6, 6.07) is 1.55. The highest BCUT2D eigenvalue weighted by atomic mass is 28.2. The summed E-state index contributed by atoms with van der Waals surface area (Å²) in [6.07, 6.45) is 9.03. The standard InChI is InChI=1S/C11H24Si/c1-4-7-10-12-11(8-5-2)9-6-3/h5,11H,2,4,6-10,12H2,1,3H3. The topological polar surface area (TPSA) is 0 Å². The van der Waals surface area contributed by atoms with Crippen molar-refractivity contribution in [3.63, 3.8) is 0 Å². The zero-order valence-corrected chi connectivity index (χ0v) is 10.2. The van der Waals surface area contributed by atoms with Gasteiger partial charge in [0.05, 0.1) is 0 Å². The Labute approximate surface area is 80.3 Å². The Morgan fingerprint density at radius 1 is 1.33 bits per heavy atom. The first-order valence-corrected chi connectivity index (χ1v) is 7.27. The highest BCUT2D eigenvalue weighted by molar-refractivity contribution is 6.37. The maximum Gasteiger partial charge on any atom is 0.0235 e. The quantitative estimate of drug-likeness (QED) is 0.307. The van der Waals surface area contributed by atoms with Gasteiger partial charge in [0.15, 0.2) is 0 Å². The molecule has 0 N–H and O–H groups in total. The molecule has 1 unspecified atom stereocenters. The molecular weight excluding hydrogens is 160 g/mol. The smallest absolute Gasteiger partial charge is 0.0235 e. The summed E-state index contributed by atoms with van der Waals surface area (Å²) in [7, 11) is 0.221. The minimum atomic E-state index is 0.221. The monoisotopic (exact) mass is 184 g/mol. The van der Waals surface area contributed by atoms with Crippen molar-refractivity contribution in [1.29, 1.82) is 0 Å². The van der Waals surface area contributed by atoms with E-state index in [0.29, 0.717) is 0 Å². The molecule has 72 valence electrons. The van der Waals surface area contributed by atoms with Crippen LogP contribution in [0.3, 0.4) is 0 Å². The summed E-state index contributed by atoms with van der Waals surface area (Å²) in [5, 5.41) is 0. The summed E-state index contributed by atoms with van der Waals surface area (Å²) in [5.74, 6) is 0. The molecule has 0 fully saturated rings. The summed E-state index contributed by atoms with van der Waals surface area (Å²) in [4.78, 5) is 0. The van der Waals surface area contributed by atoms with E-state index in [0.717, 1.165) is 5.54 Å². The average molecular weight is 184 g/mol. The molecule has 0 aliphatic rings. The van der Waals surface area contributed by atoms with Crippen molar-refractivity contribution in [1.82, 2.24) is 0 Å². The zero-order valence-electron chi connectivity index (χ0n) is 8.81. The number of unbranched alkanes of at least 4 members (excludes halogenated alkanes) is 1. The van der Waals surface area contributed by atoms with Gasteiger partial charge in [-0.2, -0.15) is 0 Å². The Balaban J connectivity index is 3.40. The van der Waals surface area contributed by atoms with E-state index in [4.69, 9.17) is 0 Å². The van der Waals surface area contributed by atoms with Gasteiger partial charge in [0.2, 0.25) is 0 Å². The van der Waals surface area contributed by atoms with Crippen LogP contribution in [0.5, 0.6) is 0 Å². The average Bonchev–Trinajstić information content (AvgIpc) is 2.06. The molecule has 0 nitrogen and oxygen atoms in total. The summed E-state index contributed by atoms with van der Waals surface area (Å²) in [6.45, 7) is 8.42. The Bertz CT molecular complexity index is 99.2. The van der Waals surface area contributed by atoms with Gasteiger partial charge >= 0.3 is 0 Å². The van der Waals surface area contributed by atoms with E-state index in [1.807, 2.05) is 0 Å². The fraction of sp³-hybridized carbons (Fsp3) is 0.818. The van der Waals surface area contributed by atoms with Crippen LogP contribution < -0.4 is 0 Å². The Morgan fingerprint density at radius 3 is 2.58 bits per heavy atom. The molecule has 0 saturated heterocycles. The number of hydrogen-bond donors (Lipinski definition) is 0. The van der Waals surface area contributed by atoms with E-state index >= 15 is 0 Å². The highest BCUT2D eigenvalue weighted by Crippen LogP contribution is 2.19. The van der Waals surface area contributed by atoms with Gasteiger partial charge in [0.1, 0.15) is 0 Å². The van der Waals surface area contributed by atoms with Crippen molar-refractivity contribution in [2.75, 3.05) is 0 Å². The van der Waals surface area contributed by atoms with Gasteiger partial charge in [0, 0.05) is 9.52 Å². The lowest BCUT2D eigenvalue weighted by Gasteiger charge is -2.12. The van der Waals surface area contributed by atoms with Gasteiger partial charge in [-0.3, -0.25) is 0 Å². The molecule has 0 heterocycles. The fourth-order valence-corrected chi connectivity index (χ4v) is 4.24. The molecule has 12 heavy (non-hydrogen) atoms. The molecule has 0 bridgehead atoms. The van der Waals surface area contributed by atoms with Crippen LogP contribution >= 0.6 is 0 Å². The molecule has 0 aromatic heterocycles. The number of hydrogen-bond acceptors (Lipinski definition) is 0. The molecule has 0 amide bonds. The molecule has 0 spiro atoms. The van der Waals surface area contributed by atoms with Gasteiger partial charge in [-0.1, -0.05) is 51.7 Å². The lowest BCUT2D eigenvalue weighted by molar-refractivity contribution is 0.713. The van der Waals surface area contributed by atoms with Gasteiger partial charge < -0.3 is 0 Å². The Morgan fingerprint density at radius 2 is 2.08 bits per heavy atom. The fourth-order valence-electron chi connectivity index (χ4n) is 1.71. The van der Waals surface area contributed by atoms with Crippen LogP contribution in [0.2, 0.25) is 11.6 Å². The van der Waals surface area contributed by atoms with E-state index in [2.05, 4.69) is 26.5 Å². The van der Waals surface area contributed by atoms with E-state index in [1.54, 1.807) is 6.04 Å². The second kappa shape index (κ2) is 9.05. The first-order valence-electron chi connectivity index (χ1n) is 5.46. The van der Waals surface area contributed by atoms with Gasteiger partial charge in [-0.05, 0) is 12.0 Å². The normalized spacial score (nSPS) is 13.8. The molecule has 1 atom stereocenters. The third-order valence-electron chi connectivity index (χ3n) is 2.41. The van der Waals surface area contributed by atoms with Crippen LogP contribution in [0.4, 0.5) is 0 Å². The molecule has 0 radical (unpaired) electrons. The Hall–Kier alpha value is -0.0431. The zero-order chi connectivity index (χ0) is 9.23. The first kappa shape index (κ1) is 12.0. The molecule has 0 aliphatic carbocycles. The lowest BCUT2D eigenvalue weighted by Crippen LogP contribution is -2.02. The van der Waals surface area contributed by atoms with Crippen LogP contribution in [0.25, 0.3) is 0 Å². The second-order valence-electron chi connectivity index (χ2n) is 3.67. The third kappa shape index (κ3) is 6.65. The van der Waals surface area contributed by atoms with Crippen molar-refractivity contribution in [3.05, 3.63) is 12.7 Å². The minimum absolute atomic E-state index is 0.221. The number of allylic oxidation sites excluding steroid dienone is 1. The summed E-state index contributed by atoms with van der Waals surface area (Å²) in [5.41, 5.74) is 1.05. The van der Waals surface area contributed by atoms with Crippen molar-refractivity contribution in [3.8, 4) is 0 Å². The first-order chi connectivity index (χ1) is 5.85. The van der Waals surface area contributed by atoms with Crippen LogP contribution in [0.1, 0.15) is 46.0 Å². The molecular formula is C11H24Si. The molecule has 0 rings (SSSR count). The van der Waals surface area contributed by atoms with E-state index in [1.165, 1.54) is 32.1 Å². The Kier molecular flexibility index (Phi) is 9.02. The maximum absolute atomic E-state index is 3.83. The number of rotatable bonds is 8. The van der Waals surface area contributed by atoms with E-state index in [9.17, 15) is 0 Å². The maximum atomic E-state index is 3.83. The van der Waals surface area contributed by atoms with Crippen LogP contribution in [0.15, 0.2) is 12.7 Å². The SMILES string of the molecule is C=CCC(CCC)[SiH2]CCCC. The largest absolute Gasteiger partial charge is 0.103 e. The van der Waals surface area contributed by atoms with E-state index in [-0.39, 0.29) is 9.52 Å². The second-order valence-corrected chi connectivity index (χ2v) is 6.11. The summed E-state index contributed by atoms with van der Waals surface area (Å²) >= 11 is 0. The van der Waals surface area contributed by atoms with Crippen molar-refractivity contribution in [2.45, 2.75) is 57.5 Å². The van der Waals surface area contributed by atoms with Crippen molar-refractivity contribution in [2.24, 2.45) is 0 Å². The van der Waals surface area contributed by atoms with Crippen LogP contribution in [-0.2, 0) is 0 Å². The van der Waals surface area contributed by atoms with Crippen LogP contribution in [0, 0.1) is 0 Å². The van der Waals surface area contributed by atoms with Gasteiger partial charge in [0.25, 0.3) is 0 Å². The van der Waals surface area contributed by atoms with Crippen molar-refractivity contribution < 1.29 is 0 Å². The third-order valence-corrected chi connectivity index (χ3v) is 4.88.